The first-order chi connectivity index (χ1) is 13.6. The Morgan fingerprint density at radius 1 is 1.32 bits per heavy atom. The molecule has 1 N–H and O–H groups in total. The van der Waals surface area contributed by atoms with Crippen LogP contribution in [0.5, 0.6) is 0 Å². The molecule has 150 valence electrons. The van der Waals surface area contributed by atoms with Gasteiger partial charge in [0.15, 0.2) is 0 Å². The van der Waals surface area contributed by atoms with Crippen molar-refractivity contribution >= 4 is 17.7 Å². The maximum Gasteiger partial charge on any atom is 0.224 e. The van der Waals surface area contributed by atoms with E-state index in [9.17, 15) is 4.79 Å². The average molecular weight is 400 g/mol. The molecular formula is C21H29N5OS. The maximum atomic E-state index is 12.5. The van der Waals surface area contributed by atoms with Crippen molar-refractivity contribution < 1.29 is 4.79 Å². The molecular weight excluding hydrogens is 370 g/mol. The molecule has 0 spiro atoms. The van der Waals surface area contributed by atoms with Crippen molar-refractivity contribution in [2.45, 2.75) is 56.0 Å². The van der Waals surface area contributed by atoms with Gasteiger partial charge in [0.1, 0.15) is 0 Å². The van der Waals surface area contributed by atoms with Crippen molar-refractivity contribution in [3.63, 3.8) is 0 Å². The quantitative estimate of drug-likeness (QED) is 0.726. The summed E-state index contributed by atoms with van der Waals surface area (Å²) < 4.78 is 1.98. The number of thioether (sulfide) groups is 1. The van der Waals surface area contributed by atoms with Gasteiger partial charge in [-0.3, -0.25) is 14.4 Å². The normalized spacial score (nSPS) is 26.5. The van der Waals surface area contributed by atoms with Gasteiger partial charge in [0.05, 0.1) is 18.2 Å². The molecule has 0 radical (unpaired) electrons. The van der Waals surface area contributed by atoms with Crippen LogP contribution in [0.3, 0.4) is 0 Å². The molecule has 7 heteroatoms. The van der Waals surface area contributed by atoms with Crippen molar-refractivity contribution in [2.75, 3.05) is 13.1 Å². The molecule has 4 atom stereocenters. The van der Waals surface area contributed by atoms with Crippen LogP contribution in [0.4, 0.5) is 0 Å². The first-order valence-corrected chi connectivity index (χ1v) is 11.2. The van der Waals surface area contributed by atoms with Crippen LogP contribution >= 0.6 is 11.8 Å². The lowest BCUT2D eigenvalue weighted by Crippen LogP contribution is -2.58. The fraction of sp³-hybridized carbons (Fsp3) is 0.571. The SMILES string of the molecule is CC(C)NC(=O)[C@@H]1CN2CC[C@@H]1C[C@@H]2Cn1cc(CSc2ccccc2)nn1. The molecule has 2 bridgehead atoms. The topological polar surface area (TPSA) is 63.1 Å². The molecule has 3 aliphatic rings. The molecule has 0 aliphatic carbocycles. The summed E-state index contributed by atoms with van der Waals surface area (Å²) in [6.07, 6.45) is 4.27. The first kappa shape index (κ1) is 19.5. The second-order valence-corrected chi connectivity index (χ2v) is 9.29. The lowest BCUT2D eigenvalue weighted by atomic mass is 9.75. The Hall–Kier alpha value is -1.86. The van der Waals surface area contributed by atoms with Gasteiger partial charge in [-0.05, 0) is 51.3 Å². The third kappa shape index (κ3) is 4.58. The zero-order valence-corrected chi connectivity index (χ0v) is 17.4. The van der Waals surface area contributed by atoms with Gasteiger partial charge in [-0.2, -0.15) is 0 Å². The highest BCUT2D eigenvalue weighted by Gasteiger charge is 2.43. The first-order valence-electron chi connectivity index (χ1n) is 10.2. The summed E-state index contributed by atoms with van der Waals surface area (Å²) in [6.45, 7) is 6.88. The number of hydrogen-bond donors (Lipinski definition) is 1. The number of fused-ring (bicyclic) bond motifs is 3. The van der Waals surface area contributed by atoms with Crippen molar-refractivity contribution in [1.82, 2.24) is 25.2 Å². The van der Waals surface area contributed by atoms with Crippen LogP contribution in [0, 0.1) is 11.8 Å². The smallest absolute Gasteiger partial charge is 0.224 e. The minimum absolute atomic E-state index is 0.140. The third-order valence-corrected chi connectivity index (χ3v) is 6.81. The lowest BCUT2D eigenvalue weighted by molar-refractivity contribution is -0.133. The number of piperidine rings is 3. The Kier molecular flexibility index (Phi) is 6.01. The molecule has 5 rings (SSSR count). The van der Waals surface area contributed by atoms with E-state index in [2.05, 4.69) is 51.0 Å². The molecule has 28 heavy (non-hydrogen) atoms. The van der Waals surface area contributed by atoms with E-state index in [0.29, 0.717) is 12.0 Å². The minimum atomic E-state index is 0.140. The second-order valence-electron chi connectivity index (χ2n) is 8.24. The number of amides is 1. The number of nitrogens with zero attached hydrogens (tertiary/aromatic N) is 4. The molecule has 6 nitrogen and oxygen atoms in total. The van der Waals surface area contributed by atoms with E-state index in [1.807, 2.05) is 24.6 Å². The summed E-state index contributed by atoms with van der Waals surface area (Å²) in [6, 6.07) is 11.0. The van der Waals surface area contributed by atoms with Crippen LogP contribution < -0.4 is 5.32 Å². The summed E-state index contributed by atoms with van der Waals surface area (Å²) in [5.74, 6) is 1.69. The molecule has 4 heterocycles. The van der Waals surface area contributed by atoms with Crippen molar-refractivity contribution in [3.05, 3.63) is 42.2 Å². The molecule has 1 aromatic carbocycles. The number of nitrogens with one attached hydrogen (secondary N) is 1. The molecule has 1 amide bonds. The van der Waals surface area contributed by atoms with E-state index in [1.165, 1.54) is 4.90 Å². The Morgan fingerprint density at radius 3 is 2.86 bits per heavy atom. The van der Waals surface area contributed by atoms with Crippen LogP contribution in [-0.2, 0) is 17.1 Å². The largest absolute Gasteiger partial charge is 0.354 e. The fourth-order valence-electron chi connectivity index (χ4n) is 4.40. The zero-order valence-electron chi connectivity index (χ0n) is 16.6. The number of hydrogen-bond acceptors (Lipinski definition) is 5. The van der Waals surface area contributed by atoms with E-state index in [-0.39, 0.29) is 17.9 Å². The average Bonchev–Trinajstić information content (AvgIpc) is 3.14. The third-order valence-electron chi connectivity index (χ3n) is 5.76. The summed E-state index contributed by atoms with van der Waals surface area (Å²) in [5.41, 5.74) is 1.01. The van der Waals surface area contributed by atoms with Gasteiger partial charge in [-0.1, -0.05) is 23.4 Å². The number of carbonyl (C=O) groups excluding carboxylic acids is 1. The highest BCUT2D eigenvalue weighted by molar-refractivity contribution is 7.98. The number of aromatic nitrogens is 3. The highest BCUT2D eigenvalue weighted by Crippen LogP contribution is 2.37. The Bertz CT molecular complexity index is 793. The van der Waals surface area contributed by atoms with Gasteiger partial charge in [-0.15, -0.1) is 16.9 Å². The molecule has 3 aliphatic heterocycles. The second kappa shape index (κ2) is 8.66. The maximum absolute atomic E-state index is 12.5. The van der Waals surface area contributed by atoms with Crippen LogP contribution in [0.15, 0.2) is 41.4 Å². The van der Waals surface area contributed by atoms with Gasteiger partial charge in [0.2, 0.25) is 5.91 Å². The van der Waals surface area contributed by atoms with Gasteiger partial charge in [0.25, 0.3) is 0 Å². The van der Waals surface area contributed by atoms with E-state index >= 15 is 0 Å². The van der Waals surface area contributed by atoms with E-state index in [1.54, 1.807) is 11.8 Å². The van der Waals surface area contributed by atoms with Crippen molar-refractivity contribution in [2.24, 2.45) is 11.8 Å². The van der Waals surface area contributed by atoms with Gasteiger partial charge in [-0.25, -0.2) is 0 Å². The molecule has 3 fully saturated rings. The van der Waals surface area contributed by atoms with Crippen LogP contribution in [0.2, 0.25) is 0 Å². The molecule has 3 saturated heterocycles. The summed E-state index contributed by atoms with van der Waals surface area (Å²) in [5, 5.41) is 11.8. The van der Waals surface area contributed by atoms with E-state index < -0.39 is 0 Å². The van der Waals surface area contributed by atoms with E-state index in [0.717, 1.165) is 43.9 Å². The highest BCUT2D eigenvalue weighted by atomic mass is 32.2. The number of benzene rings is 1. The predicted octanol–water partition coefficient (Wildman–Crippen LogP) is 2.81. The Labute approximate surface area is 171 Å². The Balaban J connectivity index is 1.31. The molecule has 1 aromatic heterocycles. The zero-order chi connectivity index (χ0) is 19.5. The lowest BCUT2D eigenvalue weighted by Gasteiger charge is -2.49. The Morgan fingerprint density at radius 2 is 2.14 bits per heavy atom. The molecule has 0 saturated carbocycles. The summed E-state index contributed by atoms with van der Waals surface area (Å²) >= 11 is 1.78. The minimum Gasteiger partial charge on any atom is -0.354 e. The van der Waals surface area contributed by atoms with Crippen molar-refractivity contribution in [1.29, 1.82) is 0 Å². The van der Waals surface area contributed by atoms with Crippen molar-refractivity contribution in [3.8, 4) is 0 Å². The van der Waals surface area contributed by atoms with Gasteiger partial charge < -0.3 is 5.32 Å². The fourth-order valence-corrected chi connectivity index (χ4v) is 5.20. The van der Waals surface area contributed by atoms with Crippen LogP contribution in [0.1, 0.15) is 32.4 Å². The van der Waals surface area contributed by atoms with Crippen LogP contribution in [-0.4, -0.2) is 51.0 Å². The van der Waals surface area contributed by atoms with Crippen LogP contribution in [0.25, 0.3) is 0 Å². The number of carbonyl (C=O) groups is 1. The predicted molar refractivity (Wildman–Crippen MR) is 111 cm³/mol. The summed E-state index contributed by atoms with van der Waals surface area (Å²) in [4.78, 5) is 16.2. The van der Waals surface area contributed by atoms with E-state index in [4.69, 9.17) is 0 Å². The monoisotopic (exact) mass is 399 g/mol. The number of rotatable bonds is 7. The molecule has 2 aromatic rings. The van der Waals surface area contributed by atoms with Gasteiger partial charge >= 0.3 is 0 Å². The van der Waals surface area contributed by atoms with Gasteiger partial charge in [0, 0.05) is 35.5 Å². The summed E-state index contributed by atoms with van der Waals surface area (Å²) in [7, 11) is 0. The standard InChI is InChI=1S/C21H29N5OS/c1-15(2)22-21(27)20-13-25-9-8-16(20)10-18(25)12-26-11-17(23-24-26)14-28-19-6-4-3-5-7-19/h3-7,11,15-16,18,20H,8-10,12-14H2,1-2H3,(H,22,27)/t16-,18-,20-/m1/s1. The molecule has 1 unspecified atom stereocenters.